The molecule has 0 radical (unpaired) electrons. The Kier molecular flexibility index (Phi) is 4.30. The second kappa shape index (κ2) is 5.30. The quantitative estimate of drug-likeness (QED) is 0.847. The summed E-state index contributed by atoms with van der Waals surface area (Å²) in [5.74, 6) is 0. The molecule has 0 aliphatic heterocycles. The van der Waals surface area contributed by atoms with Gasteiger partial charge in [0, 0.05) is 29.9 Å². The fraction of sp³-hybridized carbons (Fsp3) is 0.615. The summed E-state index contributed by atoms with van der Waals surface area (Å²) in [6.07, 6.45) is 8.20. The van der Waals surface area contributed by atoms with E-state index in [9.17, 15) is 0 Å². The summed E-state index contributed by atoms with van der Waals surface area (Å²) < 4.78 is 1.97. The van der Waals surface area contributed by atoms with Crippen molar-refractivity contribution in [1.82, 2.24) is 15.1 Å². The summed E-state index contributed by atoms with van der Waals surface area (Å²) in [6, 6.07) is 0.426. The van der Waals surface area contributed by atoms with Crippen molar-refractivity contribution < 1.29 is 0 Å². The number of hydrogen-bond donors (Lipinski definition) is 1. The van der Waals surface area contributed by atoms with E-state index in [1.165, 1.54) is 0 Å². The molecular formula is C13H23N3. The van der Waals surface area contributed by atoms with Gasteiger partial charge >= 0.3 is 0 Å². The highest BCUT2D eigenvalue weighted by Crippen LogP contribution is 2.06. The molecule has 0 aliphatic rings. The highest BCUT2D eigenvalue weighted by molar-refractivity contribution is 5.46. The Labute approximate surface area is 98.5 Å². The third kappa shape index (κ3) is 4.62. The van der Waals surface area contributed by atoms with Crippen molar-refractivity contribution in [2.45, 2.75) is 46.2 Å². The molecule has 0 amide bonds. The van der Waals surface area contributed by atoms with Crippen LogP contribution in [0.2, 0.25) is 0 Å². The van der Waals surface area contributed by atoms with Crippen LogP contribution in [0.15, 0.2) is 18.5 Å². The number of aromatic nitrogens is 2. The first kappa shape index (κ1) is 13.0. The van der Waals surface area contributed by atoms with Crippen LogP contribution in [-0.4, -0.2) is 21.9 Å². The second-order valence-corrected chi connectivity index (χ2v) is 5.38. The van der Waals surface area contributed by atoms with Crippen molar-refractivity contribution in [3.05, 3.63) is 24.0 Å². The molecule has 3 heteroatoms. The highest BCUT2D eigenvalue weighted by atomic mass is 15.3. The van der Waals surface area contributed by atoms with E-state index in [1.807, 2.05) is 10.9 Å². The molecule has 0 aromatic carbocycles. The molecule has 0 fully saturated rings. The minimum atomic E-state index is 0.173. The lowest BCUT2D eigenvalue weighted by atomic mass is 10.1. The largest absolute Gasteiger partial charge is 0.309 e. The molecule has 3 nitrogen and oxygen atoms in total. The standard InChI is InChI=1S/C13H23N3/c1-11(2)16-10-12(9-15-16)7-6-8-14-13(3,4)5/h6-7,9-11,14H,8H2,1-5H3/b7-6+. The summed E-state index contributed by atoms with van der Waals surface area (Å²) in [7, 11) is 0. The lowest BCUT2D eigenvalue weighted by Crippen LogP contribution is -2.35. The van der Waals surface area contributed by atoms with Crippen LogP contribution in [0.25, 0.3) is 6.08 Å². The van der Waals surface area contributed by atoms with Gasteiger partial charge in [-0.2, -0.15) is 5.10 Å². The molecule has 0 saturated carbocycles. The molecule has 0 spiro atoms. The molecule has 16 heavy (non-hydrogen) atoms. The van der Waals surface area contributed by atoms with E-state index >= 15 is 0 Å². The summed E-state index contributed by atoms with van der Waals surface area (Å²) in [6.45, 7) is 11.6. The summed E-state index contributed by atoms with van der Waals surface area (Å²) >= 11 is 0. The number of nitrogens with zero attached hydrogens (tertiary/aromatic N) is 2. The SMILES string of the molecule is CC(C)n1cc(/C=C/CNC(C)(C)C)cn1. The average molecular weight is 221 g/mol. The molecule has 1 N–H and O–H groups in total. The molecule has 1 aromatic heterocycles. The van der Waals surface area contributed by atoms with Crippen molar-refractivity contribution in [3.63, 3.8) is 0 Å². The van der Waals surface area contributed by atoms with E-state index in [4.69, 9.17) is 0 Å². The first-order valence-electron chi connectivity index (χ1n) is 5.84. The van der Waals surface area contributed by atoms with Crippen molar-refractivity contribution in [2.75, 3.05) is 6.54 Å². The normalized spacial score (nSPS) is 12.9. The first-order chi connectivity index (χ1) is 7.38. The van der Waals surface area contributed by atoms with Crippen LogP contribution in [0.1, 0.15) is 46.2 Å². The first-order valence-corrected chi connectivity index (χ1v) is 5.84. The molecular weight excluding hydrogens is 198 g/mol. The van der Waals surface area contributed by atoms with Gasteiger partial charge in [0.05, 0.1) is 6.20 Å². The van der Waals surface area contributed by atoms with Gasteiger partial charge in [-0.1, -0.05) is 12.2 Å². The number of hydrogen-bond acceptors (Lipinski definition) is 2. The van der Waals surface area contributed by atoms with Crippen LogP contribution < -0.4 is 5.32 Å². The molecule has 0 aliphatic carbocycles. The number of nitrogens with one attached hydrogen (secondary N) is 1. The van der Waals surface area contributed by atoms with Crippen LogP contribution in [0.5, 0.6) is 0 Å². The Hall–Kier alpha value is -1.09. The van der Waals surface area contributed by atoms with Gasteiger partial charge in [0.15, 0.2) is 0 Å². The smallest absolute Gasteiger partial charge is 0.0562 e. The molecule has 0 saturated heterocycles. The zero-order valence-corrected chi connectivity index (χ0v) is 11.0. The minimum absolute atomic E-state index is 0.173. The van der Waals surface area contributed by atoms with E-state index in [0.717, 1.165) is 12.1 Å². The monoisotopic (exact) mass is 221 g/mol. The van der Waals surface area contributed by atoms with Gasteiger partial charge in [-0.3, -0.25) is 4.68 Å². The highest BCUT2D eigenvalue weighted by Gasteiger charge is 2.05. The molecule has 1 rings (SSSR count). The minimum Gasteiger partial charge on any atom is -0.309 e. The Balaban J connectivity index is 2.44. The van der Waals surface area contributed by atoms with Gasteiger partial charge in [-0.15, -0.1) is 0 Å². The van der Waals surface area contributed by atoms with Crippen molar-refractivity contribution in [3.8, 4) is 0 Å². The van der Waals surface area contributed by atoms with Gasteiger partial charge in [0.2, 0.25) is 0 Å². The maximum Gasteiger partial charge on any atom is 0.0562 e. The van der Waals surface area contributed by atoms with Gasteiger partial charge in [-0.25, -0.2) is 0 Å². The molecule has 0 unspecified atom stereocenters. The van der Waals surface area contributed by atoms with Crippen molar-refractivity contribution in [2.24, 2.45) is 0 Å². The van der Waals surface area contributed by atoms with E-state index in [-0.39, 0.29) is 5.54 Å². The van der Waals surface area contributed by atoms with E-state index in [1.54, 1.807) is 0 Å². The van der Waals surface area contributed by atoms with E-state index < -0.39 is 0 Å². The number of rotatable bonds is 4. The predicted octanol–water partition coefficient (Wildman–Crippen LogP) is 2.87. The predicted molar refractivity (Wildman–Crippen MR) is 69.4 cm³/mol. The maximum atomic E-state index is 4.29. The van der Waals surface area contributed by atoms with Crippen molar-refractivity contribution >= 4 is 6.08 Å². The van der Waals surface area contributed by atoms with Crippen LogP contribution in [-0.2, 0) is 0 Å². The summed E-state index contributed by atoms with van der Waals surface area (Å²) in [5, 5.41) is 7.70. The summed E-state index contributed by atoms with van der Waals surface area (Å²) in [5.41, 5.74) is 1.33. The zero-order chi connectivity index (χ0) is 12.2. The second-order valence-electron chi connectivity index (χ2n) is 5.38. The zero-order valence-electron chi connectivity index (χ0n) is 11.0. The topological polar surface area (TPSA) is 29.9 Å². The fourth-order valence-corrected chi connectivity index (χ4v) is 1.28. The fourth-order valence-electron chi connectivity index (χ4n) is 1.28. The van der Waals surface area contributed by atoms with Gasteiger partial charge in [0.1, 0.15) is 0 Å². The van der Waals surface area contributed by atoms with Crippen LogP contribution in [0.4, 0.5) is 0 Å². The molecule has 1 aromatic rings. The molecule has 90 valence electrons. The Bertz CT molecular complexity index is 342. The Morgan fingerprint density at radius 1 is 1.44 bits per heavy atom. The van der Waals surface area contributed by atoms with E-state index in [0.29, 0.717) is 6.04 Å². The Morgan fingerprint density at radius 2 is 2.12 bits per heavy atom. The van der Waals surface area contributed by atoms with Crippen molar-refractivity contribution in [1.29, 1.82) is 0 Å². The van der Waals surface area contributed by atoms with Crippen LogP contribution in [0, 0.1) is 0 Å². The van der Waals surface area contributed by atoms with Gasteiger partial charge in [0.25, 0.3) is 0 Å². The molecule has 0 atom stereocenters. The lowest BCUT2D eigenvalue weighted by molar-refractivity contribution is 0.450. The third-order valence-electron chi connectivity index (χ3n) is 2.21. The van der Waals surface area contributed by atoms with E-state index in [2.05, 4.69) is 63.4 Å². The van der Waals surface area contributed by atoms with Gasteiger partial charge in [-0.05, 0) is 34.6 Å². The molecule has 1 heterocycles. The molecule has 0 bridgehead atoms. The Morgan fingerprint density at radius 3 is 2.62 bits per heavy atom. The van der Waals surface area contributed by atoms with Crippen LogP contribution in [0.3, 0.4) is 0 Å². The van der Waals surface area contributed by atoms with Gasteiger partial charge < -0.3 is 5.32 Å². The summed E-state index contributed by atoms with van der Waals surface area (Å²) in [4.78, 5) is 0. The van der Waals surface area contributed by atoms with Crippen LogP contribution >= 0.6 is 0 Å². The third-order valence-corrected chi connectivity index (χ3v) is 2.21. The maximum absolute atomic E-state index is 4.29. The lowest BCUT2D eigenvalue weighted by Gasteiger charge is -2.18. The average Bonchev–Trinajstić information content (AvgIpc) is 2.59.